The monoisotopic (exact) mass is 456 g/mol. The van der Waals surface area contributed by atoms with Crippen molar-refractivity contribution in [3.63, 3.8) is 0 Å². The van der Waals surface area contributed by atoms with Crippen molar-refractivity contribution < 1.29 is 19.1 Å². The molecule has 8 nitrogen and oxygen atoms in total. The molecule has 168 valence electrons. The maximum Gasteiger partial charge on any atom is 0.303 e. The predicted molar refractivity (Wildman–Crippen MR) is 119 cm³/mol. The number of carbonyl (C=O) groups is 1. The fraction of sp³-hybridized carbons (Fsp3) is 0.478. The number of carboxylic acids is 1. The van der Waals surface area contributed by atoms with Crippen molar-refractivity contribution >= 4 is 28.7 Å². The first-order chi connectivity index (χ1) is 15.5. The summed E-state index contributed by atoms with van der Waals surface area (Å²) in [4.78, 5) is 25.0. The number of aromatic nitrogens is 4. The van der Waals surface area contributed by atoms with Crippen LogP contribution in [0, 0.1) is 24.7 Å². The highest BCUT2D eigenvalue weighted by molar-refractivity contribution is 6.33. The number of ether oxygens (including phenoxy) is 1. The van der Waals surface area contributed by atoms with Crippen LogP contribution in [-0.2, 0) is 9.53 Å². The van der Waals surface area contributed by atoms with Crippen LogP contribution in [-0.4, -0.2) is 37.2 Å². The number of hydrogen-bond donors (Lipinski definition) is 1. The van der Waals surface area contributed by atoms with Gasteiger partial charge in [-0.25, -0.2) is 15.0 Å². The summed E-state index contributed by atoms with van der Waals surface area (Å²) in [5.74, 6) is 7.00. The Morgan fingerprint density at radius 3 is 2.88 bits per heavy atom. The second-order valence-electron chi connectivity index (χ2n) is 7.89. The zero-order valence-electron chi connectivity index (χ0n) is 18.1. The van der Waals surface area contributed by atoms with Crippen LogP contribution in [0.15, 0.2) is 16.5 Å². The Labute approximate surface area is 191 Å². The third kappa shape index (κ3) is 4.64. The first-order valence-corrected chi connectivity index (χ1v) is 11.2. The van der Waals surface area contributed by atoms with E-state index in [0.717, 1.165) is 31.4 Å². The molecule has 0 saturated carbocycles. The van der Waals surface area contributed by atoms with Gasteiger partial charge < -0.3 is 14.3 Å². The molecule has 1 fully saturated rings. The lowest BCUT2D eigenvalue weighted by Gasteiger charge is -2.20. The van der Waals surface area contributed by atoms with Gasteiger partial charge in [0.25, 0.3) is 0 Å². The van der Waals surface area contributed by atoms with Crippen LogP contribution in [0.2, 0.25) is 5.15 Å². The lowest BCUT2D eigenvalue weighted by molar-refractivity contribution is -0.139. The molecule has 1 aliphatic heterocycles. The normalized spacial score (nSPS) is 18.1. The minimum atomic E-state index is -0.878. The summed E-state index contributed by atoms with van der Waals surface area (Å²) in [5.41, 5.74) is 0.853. The van der Waals surface area contributed by atoms with Crippen LogP contribution in [0.5, 0.6) is 0 Å². The van der Waals surface area contributed by atoms with Gasteiger partial charge in [0.2, 0.25) is 5.82 Å². The third-order valence-electron chi connectivity index (χ3n) is 5.44. The molecule has 9 heteroatoms. The summed E-state index contributed by atoms with van der Waals surface area (Å²) in [6, 6.07) is 3.65. The Morgan fingerprint density at radius 1 is 1.31 bits per heavy atom. The highest BCUT2D eigenvalue weighted by Gasteiger charge is 2.36. The number of fused-ring (bicyclic) bond motifs is 1. The van der Waals surface area contributed by atoms with Gasteiger partial charge in [0.05, 0.1) is 6.42 Å². The van der Waals surface area contributed by atoms with Crippen molar-refractivity contribution in [2.75, 3.05) is 6.61 Å². The lowest BCUT2D eigenvalue weighted by Crippen LogP contribution is -2.19. The Morgan fingerprint density at radius 2 is 2.16 bits per heavy atom. The first kappa shape index (κ1) is 22.3. The van der Waals surface area contributed by atoms with Crippen LogP contribution in [0.1, 0.15) is 63.3 Å². The van der Waals surface area contributed by atoms with Crippen LogP contribution in [0.25, 0.3) is 22.7 Å². The largest absolute Gasteiger partial charge is 0.481 e. The Hall–Kier alpha value is -2.89. The molecule has 3 aromatic rings. The van der Waals surface area contributed by atoms with Gasteiger partial charge in [-0.05, 0) is 37.8 Å². The fourth-order valence-electron chi connectivity index (χ4n) is 3.90. The standard InChI is InChI=1S/C23H25ClN4O4/c1-3-4-5-6-7-8-17-25-20(24)19-22(26-17)28(21(27-19)16-10-9-14(2)32-16)23-15(11-12-31-23)13-18(29)30/h9-10,15,23H,3-6,11-13H2,1-2H3,(H,29,30)/t15-,23-/m1/s1. The molecule has 0 aliphatic carbocycles. The summed E-state index contributed by atoms with van der Waals surface area (Å²) >= 11 is 6.47. The van der Waals surface area contributed by atoms with E-state index in [1.807, 2.05) is 19.1 Å². The van der Waals surface area contributed by atoms with Crippen molar-refractivity contribution in [1.82, 2.24) is 19.5 Å². The molecule has 4 rings (SSSR count). The number of hydrogen-bond acceptors (Lipinski definition) is 6. The fourth-order valence-corrected chi connectivity index (χ4v) is 4.11. The van der Waals surface area contributed by atoms with Gasteiger partial charge in [-0.15, -0.1) is 0 Å². The van der Waals surface area contributed by atoms with E-state index in [2.05, 4.69) is 33.7 Å². The average molecular weight is 457 g/mol. The Bertz CT molecular complexity index is 1190. The van der Waals surface area contributed by atoms with Crippen molar-refractivity contribution in [3.05, 3.63) is 28.9 Å². The van der Waals surface area contributed by atoms with Gasteiger partial charge in [0.1, 0.15) is 17.5 Å². The van der Waals surface area contributed by atoms with Crippen molar-refractivity contribution in [2.24, 2.45) is 5.92 Å². The third-order valence-corrected chi connectivity index (χ3v) is 5.70. The summed E-state index contributed by atoms with van der Waals surface area (Å²) in [6.45, 7) is 4.43. The number of rotatable bonds is 7. The van der Waals surface area contributed by atoms with Crippen LogP contribution < -0.4 is 0 Å². The average Bonchev–Trinajstić information content (AvgIpc) is 3.45. The van der Waals surface area contributed by atoms with Gasteiger partial charge in [-0.3, -0.25) is 9.36 Å². The lowest BCUT2D eigenvalue weighted by atomic mass is 10.0. The van der Waals surface area contributed by atoms with E-state index in [1.165, 1.54) is 0 Å². The predicted octanol–water partition coefficient (Wildman–Crippen LogP) is 4.99. The van der Waals surface area contributed by atoms with E-state index in [-0.39, 0.29) is 17.5 Å². The van der Waals surface area contributed by atoms with Gasteiger partial charge in [-0.1, -0.05) is 37.3 Å². The quantitative estimate of drug-likeness (QED) is 0.303. The van der Waals surface area contributed by atoms with Gasteiger partial charge in [0.15, 0.2) is 22.4 Å². The molecule has 1 saturated heterocycles. The summed E-state index contributed by atoms with van der Waals surface area (Å²) in [7, 11) is 0. The molecule has 2 atom stereocenters. The molecule has 0 bridgehead atoms. The molecular formula is C23H25ClN4O4. The smallest absolute Gasteiger partial charge is 0.303 e. The summed E-state index contributed by atoms with van der Waals surface area (Å²) in [6.07, 6.45) is 4.07. The number of aliphatic carboxylic acids is 1. The highest BCUT2D eigenvalue weighted by Crippen LogP contribution is 2.39. The molecule has 1 N–H and O–H groups in total. The summed E-state index contributed by atoms with van der Waals surface area (Å²) in [5, 5.41) is 9.56. The number of carboxylic acid groups (broad SMARTS) is 1. The molecule has 3 aromatic heterocycles. The van der Waals surface area contributed by atoms with E-state index in [9.17, 15) is 9.90 Å². The molecular weight excluding hydrogens is 432 g/mol. The van der Waals surface area contributed by atoms with E-state index >= 15 is 0 Å². The van der Waals surface area contributed by atoms with Crippen molar-refractivity contribution in [1.29, 1.82) is 0 Å². The number of aryl methyl sites for hydroxylation is 1. The molecule has 32 heavy (non-hydrogen) atoms. The molecule has 0 unspecified atom stereocenters. The molecule has 4 heterocycles. The second kappa shape index (κ2) is 9.72. The molecule has 0 spiro atoms. The maximum atomic E-state index is 11.4. The van der Waals surface area contributed by atoms with Crippen molar-refractivity contribution in [3.8, 4) is 23.4 Å². The van der Waals surface area contributed by atoms with E-state index in [0.29, 0.717) is 41.6 Å². The molecule has 0 amide bonds. The van der Waals surface area contributed by atoms with Gasteiger partial charge in [-0.2, -0.15) is 0 Å². The SMILES string of the molecule is CCCCCC#Cc1nc(Cl)c2nc(-c3ccc(C)o3)n([C@@H]3OCC[C@@H]3CC(=O)O)c2n1. The highest BCUT2D eigenvalue weighted by atomic mass is 35.5. The topological polar surface area (TPSA) is 103 Å². The first-order valence-electron chi connectivity index (χ1n) is 10.8. The summed E-state index contributed by atoms with van der Waals surface area (Å²) < 4.78 is 13.6. The zero-order valence-corrected chi connectivity index (χ0v) is 18.9. The number of imidazole rings is 1. The minimum Gasteiger partial charge on any atom is -0.481 e. The Kier molecular flexibility index (Phi) is 6.77. The van der Waals surface area contributed by atoms with Gasteiger partial charge >= 0.3 is 5.97 Å². The van der Waals surface area contributed by atoms with E-state index in [1.54, 1.807) is 4.57 Å². The van der Waals surface area contributed by atoms with Crippen LogP contribution >= 0.6 is 11.6 Å². The van der Waals surface area contributed by atoms with Gasteiger partial charge in [0, 0.05) is 18.9 Å². The van der Waals surface area contributed by atoms with Crippen LogP contribution in [0.4, 0.5) is 0 Å². The molecule has 1 aliphatic rings. The molecule has 0 radical (unpaired) electrons. The second-order valence-corrected chi connectivity index (χ2v) is 8.25. The minimum absolute atomic E-state index is 0.0239. The number of halogens is 1. The van der Waals surface area contributed by atoms with Crippen LogP contribution in [0.3, 0.4) is 0 Å². The van der Waals surface area contributed by atoms with Crippen molar-refractivity contribution in [2.45, 2.75) is 58.6 Å². The van der Waals surface area contributed by atoms with E-state index in [4.69, 9.17) is 20.8 Å². The van der Waals surface area contributed by atoms with E-state index < -0.39 is 12.2 Å². The Balaban J connectivity index is 1.83. The molecule has 0 aromatic carbocycles. The zero-order chi connectivity index (χ0) is 22.7. The number of furan rings is 1. The number of nitrogens with zero attached hydrogens (tertiary/aromatic N) is 4. The maximum absolute atomic E-state index is 11.4. The number of unbranched alkanes of at least 4 members (excludes halogenated alkanes) is 3.